The molecule has 1 aliphatic carbocycles. The van der Waals surface area contributed by atoms with Crippen LogP contribution in [0.15, 0.2) is 18.2 Å². The second kappa shape index (κ2) is 8.12. The van der Waals surface area contributed by atoms with Gasteiger partial charge < -0.3 is 25.6 Å². The summed E-state index contributed by atoms with van der Waals surface area (Å²) < 4.78 is 19.2. The van der Waals surface area contributed by atoms with Crippen LogP contribution < -0.4 is 15.4 Å². The molecule has 0 saturated heterocycles. The Hall–Kier alpha value is -1.86. The molecule has 1 saturated carbocycles. The third kappa shape index (κ3) is 5.37. The molecule has 7 heteroatoms. The van der Waals surface area contributed by atoms with E-state index in [1.807, 2.05) is 0 Å². The minimum Gasteiger partial charge on any atom is -0.489 e. The summed E-state index contributed by atoms with van der Waals surface area (Å²) in [6.45, 7) is 2.26. The summed E-state index contributed by atoms with van der Waals surface area (Å²) in [6.07, 6.45) is 0.785. The average molecular weight is 326 g/mol. The quantitative estimate of drug-likeness (QED) is 0.614. The number of nitrogens with one attached hydrogen (secondary N) is 2. The molecule has 1 fully saturated rings. The molecule has 3 atom stereocenters. The molecular formula is C16H23FN2O4. The van der Waals surface area contributed by atoms with Crippen LogP contribution in [0.3, 0.4) is 0 Å². The fourth-order valence-electron chi connectivity index (χ4n) is 2.71. The van der Waals surface area contributed by atoms with E-state index in [4.69, 9.17) is 9.84 Å². The van der Waals surface area contributed by atoms with Gasteiger partial charge in [-0.2, -0.15) is 0 Å². The van der Waals surface area contributed by atoms with E-state index >= 15 is 0 Å². The molecule has 4 N–H and O–H groups in total. The number of carboxylic acid groups (broad SMARTS) is 1. The summed E-state index contributed by atoms with van der Waals surface area (Å²) >= 11 is 0. The number of carbonyl (C=O) groups is 1. The van der Waals surface area contributed by atoms with Gasteiger partial charge in [0.05, 0.1) is 12.6 Å². The van der Waals surface area contributed by atoms with Crippen molar-refractivity contribution in [2.24, 2.45) is 0 Å². The van der Waals surface area contributed by atoms with Gasteiger partial charge in [0.25, 0.3) is 0 Å². The monoisotopic (exact) mass is 326 g/mol. The third-order valence-corrected chi connectivity index (χ3v) is 3.93. The van der Waals surface area contributed by atoms with Crippen molar-refractivity contribution < 1.29 is 24.1 Å². The Morgan fingerprint density at radius 2 is 2.26 bits per heavy atom. The zero-order chi connectivity index (χ0) is 16.8. The lowest BCUT2D eigenvalue weighted by molar-refractivity contribution is 0.148. The molecule has 1 unspecified atom stereocenters. The number of ether oxygens (including phenoxy) is 1. The molecule has 0 heterocycles. The fourth-order valence-corrected chi connectivity index (χ4v) is 2.71. The van der Waals surface area contributed by atoms with Crippen LogP contribution in [-0.4, -0.2) is 41.1 Å². The molecular weight excluding hydrogens is 303 g/mol. The Morgan fingerprint density at radius 3 is 2.91 bits per heavy atom. The van der Waals surface area contributed by atoms with Crippen molar-refractivity contribution in [3.05, 3.63) is 29.6 Å². The van der Waals surface area contributed by atoms with Crippen LogP contribution >= 0.6 is 0 Å². The van der Waals surface area contributed by atoms with Gasteiger partial charge in [-0.25, -0.2) is 9.18 Å². The molecule has 0 radical (unpaired) electrons. The Morgan fingerprint density at radius 1 is 1.48 bits per heavy atom. The second-order valence-corrected chi connectivity index (χ2v) is 5.85. The number of aliphatic hydroxyl groups excluding tert-OH is 1. The van der Waals surface area contributed by atoms with Gasteiger partial charge in [-0.1, -0.05) is 0 Å². The highest BCUT2D eigenvalue weighted by Gasteiger charge is 2.24. The third-order valence-electron chi connectivity index (χ3n) is 3.93. The van der Waals surface area contributed by atoms with Gasteiger partial charge in [-0.3, -0.25) is 0 Å². The summed E-state index contributed by atoms with van der Waals surface area (Å²) in [4.78, 5) is 10.5. The SMILES string of the molecule is CC(CNC(=O)O)Oc1ccc(F)cc1CN[C@@H]1CCC[C@@H]1O. The van der Waals surface area contributed by atoms with E-state index in [-0.39, 0.29) is 30.6 Å². The summed E-state index contributed by atoms with van der Waals surface area (Å²) in [5.74, 6) is 0.142. The van der Waals surface area contributed by atoms with E-state index in [9.17, 15) is 14.3 Å². The number of benzene rings is 1. The number of rotatable bonds is 7. The molecule has 0 aliphatic heterocycles. The molecule has 6 nitrogen and oxygen atoms in total. The number of hydrogen-bond donors (Lipinski definition) is 4. The van der Waals surface area contributed by atoms with Gasteiger partial charge in [-0.15, -0.1) is 0 Å². The van der Waals surface area contributed by atoms with Crippen LogP contribution in [-0.2, 0) is 6.54 Å². The summed E-state index contributed by atoms with van der Waals surface area (Å²) in [6, 6.07) is 4.24. The van der Waals surface area contributed by atoms with Crippen molar-refractivity contribution in [2.45, 2.75) is 51.0 Å². The smallest absolute Gasteiger partial charge is 0.404 e. The minimum absolute atomic E-state index is 0.0113. The van der Waals surface area contributed by atoms with Crippen molar-refractivity contribution in [3.63, 3.8) is 0 Å². The molecule has 1 amide bonds. The largest absolute Gasteiger partial charge is 0.489 e. The molecule has 2 rings (SSSR count). The van der Waals surface area contributed by atoms with Gasteiger partial charge in [0.15, 0.2) is 0 Å². The van der Waals surface area contributed by atoms with Crippen molar-refractivity contribution in [2.75, 3.05) is 6.54 Å². The Bertz CT molecular complexity index is 541. The predicted octanol–water partition coefficient (Wildman–Crippen LogP) is 1.86. The average Bonchev–Trinajstić information content (AvgIpc) is 2.90. The lowest BCUT2D eigenvalue weighted by Crippen LogP contribution is -2.35. The van der Waals surface area contributed by atoms with Crippen molar-refractivity contribution in [1.29, 1.82) is 0 Å². The van der Waals surface area contributed by atoms with Gasteiger partial charge in [0, 0.05) is 18.2 Å². The molecule has 1 aromatic carbocycles. The van der Waals surface area contributed by atoms with Crippen LogP contribution in [0.25, 0.3) is 0 Å². The zero-order valence-corrected chi connectivity index (χ0v) is 13.1. The molecule has 0 bridgehead atoms. The minimum atomic E-state index is -1.11. The van der Waals surface area contributed by atoms with Gasteiger partial charge in [0.1, 0.15) is 17.7 Å². The highest BCUT2D eigenvalue weighted by Crippen LogP contribution is 2.23. The van der Waals surface area contributed by atoms with Crippen LogP contribution in [0.2, 0.25) is 0 Å². The molecule has 0 spiro atoms. The van der Waals surface area contributed by atoms with E-state index in [0.29, 0.717) is 17.9 Å². The standard InChI is InChI=1S/C16H23FN2O4/c1-10(8-19-16(21)22)23-15-6-5-12(17)7-11(15)9-18-13-3-2-4-14(13)20/h5-7,10,13-14,18-20H,2-4,8-9H2,1H3,(H,21,22)/t10?,13-,14+/m1/s1. The Kier molecular flexibility index (Phi) is 6.18. The first kappa shape index (κ1) is 17.5. The summed E-state index contributed by atoms with van der Waals surface area (Å²) in [7, 11) is 0. The topological polar surface area (TPSA) is 90.8 Å². The maximum atomic E-state index is 13.5. The van der Waals surface area contributed by atoms with Crippen LogP contribution in [0.5, 0.6) is 5.75 Å². The molecule has 128 valence electrons. The highest BCUT2D eigenvalue weighted by atomic mass is 19.1. The van der Waals surface area contributed by atoms with Crippen molar-refractivity contribution >= 4 is 6.09 Å². The zero-order valence-electron chi connectivity index (χ0n) is 13.1. The van der Waals surface area contributed by atoms with E-state index in [0.717, 1.165) is 19.3 Å². The van der Waals surface area contributed by atoms with E-state index in [2.05, 4.69) is 10.6 Å². The number of aliphatic hydroxyl groups is 1. The number of hydrogen-bond acceptors (Lipinski definition) is 4. The van der Waals surface area contributed by atoms with Crippen LogP contribution in [0.4, 0.5) is 9.18 Å². The number of halogens is 1. The number of amides is 1. The summed E-state index contributed by atoms with van der Waals surface area (Å²) in [5.41, 5.74) is 0.645. The van der Waals surface area contributed by atoms with E-state index < -0.39 is 6.09 Å². The maximum absolute atomic E-state index is 13.5. The highest BCUT2D eigenvalue weighted by molar-refractivity contribution is 5.64. The van der Waals surface area contributed by atoms with E-state index in [1.165, 1.54) is 18.2 Å². The molecule has 1 aliphatic rings. The normalized spacial score (nSPS) is 21.9. The van der Waals surface area contributed by atoms with E-state index in [1.54, 1.807) is 6.92 Å². The molecule has 1 aromatic rings. The maximum Gasteiger partial charge on any atom is 0.404 e. The van der Waals surface area contributed by atoms with Gasteiger partial charge >= 0.3 is 6.09 Å². The van der Waals surface area contributed by atoms with Crippen LogP contribution in [0.1, 0.15) is 31.7 Å². The predicted molar refractivity (Wildman–Crippen MR) is 83.0 cm³/mol. The fraction of sp³-hybridized carbons (Fsp3) is 0.562. The second-order valence-electron chi connectivity index (χ2n) is 5.85. The van der Waals surface area contributed by atoms with Crippen LogP contribution in [0, 0.1) is 5.82 Å². The van der Waals surface area contributed by atoms with Crippen molar-refractivity contribution in [1.82, 2.24) is 10.6 Å². The first-order valence-electron chi connectivity index (χ1n) is 7.79. The van der Waals surface area contributed by atoms with Gasteiger partial charge in [-0.05, 0) is 44.4 Å². The Balaban J connectivity index is 1.97. The molecule has 0 aromatic heterocycles. The van der Waals surface area contributed by atoms with Crippen molar-refractivity contribution in [3.8, 4) is 5.75 Å². The Labute approximate surface area is 134 Å². The lowest BCUT2D eigenvalue weighted by atomic mass is 10.1. The van der Waals surface area contributed by atoms with Gasteiger partial charge in [0.2, 0.25) is 0 Å². The first-order valence-corrected chi connectivity index (χ1v) is 7.79. The lowest BCUT2D eigenvalue weighted by Gasteiger charge is -2.20. The summed E-state index contributed by atoms with van der Waals surface area (Å²) in [5, 5.41) is 23.9. The molecule has 23 heavy (non-hydrogen) atoms. The first-order chi connectivity index (χ1) is 11.0.